The van der Waals surface area contributed by atoms with Gasteiger partial charge in [-0.15, -0.1) is 0 Å². The summed E-state index contributed by atoms with van der Waals surface area (Å²) in [6.07, 6.45) is 4.76. The second-order valence-corrected chi connectivity index (χ2v) is 17.7. The van der Waals surface area contributed by atoms with Crippen molar-refractivity contribution in [2.45, 2.75) is 63.6 Å². The van der Waals surface area contributed by atoms with Crippen molar-refractivity contribution in [3.8, 4) is 11.1 Å². The highest BCUT2D eigenvalue weighted by Gasteiger charge is 2.44. The molecule has 5 aromatic rings. The van der Waals surface area contributed by atoms with E-state index in [2.05, 4.69) is 26.6 Å². The summed E-state index contributed by atoms with van der Waals surface area (Å²) in [7, 11) is 0. The van der Waals surface area contributed by atoms with Gasteiger partial charge >= 0.3 is 5.97 Å². The number of aliphatic carboxylic acids is 1. The largest absolute Gasteiger partial charge is 0.481 e. The lowest BCUT2D eigenvalue weighted by Crippen LogP contribution is -2.58. The topological polar surface area (TPSA) is 251 Å². The molecule has 0 spiro atoms. The number of carbonyl (C=O) groups excluding carboxylic acids is 6. The molecular formula is C53H59N7O10. The summed E-state index contributed by atoms with van der Waals surface area (Å²) in [5.41, 5.74) is 10.0. The molecule has 0 radical (unpaired) electrons. The van der Waals surface area contributed by atoms with Crippen LogP contribution in [0.4, 0.5) is 0 Å². The number of hydrogen-bond donors (Lipinski definition) is 7. The Morgan fingerprint density at radius 1 is 0.857 bits per heavy atom. The Labute approximate surface area is 405 Å². The van der Waals surface area contributed by atoms with Crippen LogP contribution < -0.4 is 32.3 Å². The highest BCUT2D eigenvalue weighted by molar-refractivity contribution is 5.98. The molecule has 2 aliphatic heterocycles. The van der Waals surface area contributed by atoms with Crippen molar-refractivity contribution in [1.82, 2.24) is 31.5 Å². The molecule has 1 fully saturated rings. The second-order valence-electron chi connectivity index (χ2n) is 17.7. The molecule has 6 amide bonds. The van der Waals surface area contributed by atoms with Crippen LogP contribution in [0.15, 0.2) is 120 Å². The zero-order chi connectivity index (χ0) is 49.5. The van der Waals surface area contributed by atoms with Gasteiger partial charge in [-0.05, 0) is 65.1 Å². The van der Waals surface area contributed by atoms with Crippen LogP contribution in [0.2, 0.25) is 0 Å². The van der Waals surface area contributed by atoms with Crippen LogP contribution in [0.5, 0.6) is 0 Å². The molecule has 17 heteroatoms. The predicted molar refractivity (Wildman–Crippen MR) is 261 cm³/mol. The normalized spacial score (nSPS) is 20.1. The molecule has 2 aliphatic rings. The fourth-order valence-corrected chi connectivity index (χ4v) is 8.97. The number of piperidine rings is 1. The van der Waals surface area contributed by atoms with Crippen molar-refractivity contribution in [2.24, 2.45) is 11.1 Å². The standard InChI is InChI=1S/C53H59N7O10/c54-21-25-69-26-23-56-50(66)43-19-22-55-46(61)17-18-48(63)60-24-6-20-53(34-60,31-36-7-2-1-3-8-36)52(68)59-44(51(67)57-32-40-10-5-4-9-38(40)29-47(62)58-43)27-35-11-13-37(14-12-35)39-15-16-42-41(30-49(64)65)33-70-45(42)28-39/h1-5,7-18,28,33,43-44H,6,19-27,29-32,34,54H2,(H,55,61)(H,56,66)(H,57,67)(H,58,62)(H,59,68)(H,64,65)/b18-17+/t43-,44-,53-/m0/s1. The lowest BCUT2D eigenvalue weighted by atomic mass is 9.74. The van der Waals surface area contributed by atoms with Crippen LogP contribution in [0.3, 0.4) is 0 Å². The molecule has 0 aliphatic carbocycles. The van der Waals surface area contributed by atoms with Gasteiger partial charge < -0.3 is 51.5 Å². The number of benzene rings is 4. The average Bonchev–Trinajstić information content (AvgIpc) is 3.75. The van der Waals surface area contributed by atoms with Crippen LogP contribution in [0, 0.1) is 5.41 Å². The van der Waals surface area contributed by atoms with Crippen molar-refractivity contribution < 1.29 is 47.8 Å². The van der Waals surface area contributed by atoms with E-state index in [1.165, 1.54) is 6.26 Å². The van der Waals surface area contributed by atoms with E-state index in [4.69, 9.17) is 14.9 Å². The Kier molecular flexibility index (Phi) is 17.3. The van der Waals surface area contributed by atoms with Crippen LogP contribution in [0.1, 0.15) is 47.1 Å². The monoisotopic (exact) mass is 953 g/mol. The minimum Gasteiger partial charge on any atom is -0.481 e. The number of hydrogen-bond acceptors (Lipinski definition) is 10. The number of carboxylic acid groups (broad SMARTS) is 1. The van der Waals surface area contributed by atoms with Gasteiger partial charge in [0.15, 0.2) is 0 Å². The smallest absolute Gasteiger partial charge is 0.307 e. The maximum absolute atomic E-state index is 15.0. The molecule has 7 rings (SSSR count). The fraction of sp³-hybridized carbons (Fsp3) is 0.340. The van der Waals surface area contributed by atoms with Gasteiger partial charge in [0.2, 0.25) is 35.4 Å². The summed E-state index contributed by atoms with van der Waals surface area (Å²) in [5.74, 6) is -3.83. The van der Waals surface area contributed by atoms with E-state index in [0.29, 0.717) is 60.2 Å². The first-order valence-electron chi connectivity index (χ1n) is 23.5. The van der Waals surface area contributed by atoms with Gasteiger partial charge in [-0.25, -0.2) is 0 Å². The maximum Gasteiger partial charge on any atom is 0.307 e. The Morgan fingerprint density at radius 2 is 1.61 bits per heavy atom. The zero-order valence-corrected chi connectivity index (χ0v) is 38.9. The Morgan fingerprint density at radius 3 is 2.39 bits per heavy atom. The first-order chi connectivity index (χ1) is 33.9. The molecule has 8 N–H and O–H groups in total. The number of amides is 6. The molecule has 17 nitrogen and oxygen atoms in total. The van der Waals surface area contributed by atoms with Gasteiger partial charge in [0.05, 0.1) is 37.7 Å². The highest BCUT2D eigenvalue weighted by Crippen LogP contribution is 2.35. The van der Waals surface area contributed by atoms with Gasteiger partial charge in [0, 0.05) is 68.8 Å². The van der Waals surface area contributed by atoms with Crippen LogP contribution in [-0.2, 0) is 70.5 Å². The first kappa shape index (κ1) is 50.3. The summed E-state index contributed by atoms with van der Waals surface area (Å²) in [5, 5.41) is 24.4. The highest BCUT2D eigenvalue weighted by atomic mass is 16.5. The molecule has 3 atom stereocenters. The van der Waals surface area contributed by atoms with Crippen molar-refractivity contribution in [3.63, 3.8) is 0 Å². The number of ether oxygens (including phenoxy) is 1. The lowest BCUT2D eigenvalue weighted by Gasteiger charge is -2.42. The molecule has 4 aromatic carbocycles. The third kappa shape index (κ3) is 13.5. The quantitative estimate of drug-likeness (QED) is 0.0845. The summed E-state index contributed by atoms with van der Waals surface area (Å²) in [6, 6.07) is 27.6. The van der Waals surface area contributed by atoms with Crippen molar-refractivity contribution >= 4 is 52.4 Å². The summed E-state index contributed by atoms with van der Waals surface area (Å²) in [4.78, 5) is 96.2. The second kappa shape index (κ2) is 24.1. The molecule has 2 bridgehead atoms. The van der Waals surface area contributed by atoms with Gasteiger partial charge in [-0.2, -0.15) is 0 Å². The molecule has 1 saturated heterocycles. The Hall–Kier alpha value is -7.63. The number of carboxylic acids is 1. The van der Waals surface area contributed by atoms with E-state index in [0.717, 1.165) is 34.4 Å². The molecule has 1 aromatic heterocycles. The minimum absolute atomic E-state index is 0.00233. The minimum atomic E-state index is -1.15. The average molecular weight is 954 g/mol. The number of nitrogens with two attached hydrogens (primary N) is 1. The number of nitrogens with zero attached hydrogens (tertiary/aromatic N) is 1. The van der Waals surface area contributed by atoms with E-state index >= 15 is 0 Å². The van der Waals surface area contributed by atoms with Gasteiger partial charge in [-0.1, -0.05) is 91.0 Å². The van der Waals surface area contributed by atoms with E-state index in [9.17, 15) is 38.7 Å². The molecule has 0 unspecified atom stereocenters. The number of furan rings is 1. The molecule has 0 saturated carbocycles. The number of rotatable bonds is 13. The van der Waals surface area contributed by atoms with E-state index in [1.54, 1.807) is 29.2 Å². The van der Waals surface area contributed by atoms with Crippen LogP contribution in [-0.4, -0.2) is 109 Å². The first-order valence-corrected chi connectivity index (χ1v) is 23.5. The van der Waals surface area contributed by atoms with E-state index in [-0.39, 0.29) is 64.9 Å². The fourth-order valence-electron chi connectivity index (χ4n) is 8.97. The molecule has 70 heavy (non-hydrogen) atoms. The third-order valence-corrected chi connectivity index (χ3v) is 12.6. The third-order valence-electron chi connectivity index (χ3n) is 12.6. The zero-order valence-electron chi connectivity index (χ0n) is 38.9. The van der Waals surface area contributed by atoms with E-state index < -0.39 is 58.9 Å². The van der Waals surface area contributed by atoms with Crippen LogP contribution in [0.25, 0.3) is 22.1 Å². The molecular weight excluding hydrogens is 895 g/mol. The SMILES string of the molecule is NCCOCCNC(=O)[C@@H]1CCNC(=O)/C=C/C(=O)N2CCC[C@](Cc3ccccc3)(C2)C(=O)N[C@@H](Cc2ccc(-c3ccc4c(CC(=O)O)coc4c3)cc2)C(=O)NCc2ccccc2CC(=O)N1. The summed E-state index contributed by atoms with van der Waals surface area (Å²) in [6.45, 7) is 1.41. The Bertz CT molecular complexity index is 2700. The van der Waals surface area contributed by atoms with Crippen molar-refractivity contribution in [2.75, 3.05) is 45.9 Å². The number of nitrogens with one attached hydrogen (secondary N) is 5. The van der Waals surface area contributed by atoms with Gasteiger partial charge in [0.25, 0.3) is 0 Å². The summed E-state index contributed by atoms with van der Waals surface area (Å²) >= 11 is 0. The maximum atomic E-state index is 15.0. The lowest BCUT2D eigenvalue weighted by molar-refractivity contribution is -0.141. The van der Waals surface area contributed by atoms with Crippen LogP contribution >= 0.6 is 0 Å². The van der Waals surface area contributed by atoms with Crippen molar-refractivity contribution in [1.29, 1.82) is 0 Å². The van der Waals surface area contributed by atoms with E-state index in [1.807, 2.05) is 72.8 Å². The number of carbonyl (C=O) groups is 7. The van der Waals surface area contributed by atoms with Crippen molar-refractivity contribution in [3.05, 3.63) is 143 Å². The van der Waals surface area contributed by atoms with Gasteiger partial charge in [0.1, 0.15) is 17.7 Å². The summed E-state index contributed by atoms with van der Waals surface area (Å²) < 4.78 is 11.1. The Balaban J connectivity index is 1.18. The predicted octanol–water partition coefficient (Wildman–Crippen LogP) is 3.12. The van der Waals surface area contributed by atoms with Gasteiger partial charge in [-0.3, -0.25) is 33.6 Å². The number of fused-ring (bicyclic) bond motifs is 4. The molecule has 3 heterocycles. The molecule has 366 valence electrons.